The van der Waals surface area contributed by atoms with Crippen LogP contribution in [-0.4, -0.2) is 67.4 Å². The SMILES string of the molecule is CCNC(=NCC(O)COc1ccc(C(F)(F)F)cc1)N1CCC(C(=O)OCC)CC1.I. The number of hydrogen-bond donors (Lipinski definition) is 2. The lowest BCUT2D eigenvalue weighted by atomic mass is 9.97. The average molecular weight is 573 g/mol. The van der Waals surface area contributed by atoms with Crippen molar-refractivity contribution in [3.63, 3.8) is 0 Å². The Balaban J connectivity index is 0.00000512. The van der Waals surface area contributed by atoms with Gasteiger partial charge in [0.05, 0.1) is 24.6 Å². The van der Waals surface area contributed by atoms with Crippen LogP contribution in [0.5, 0.6) is 5.75 Å². The van der Waals surface area contributed by atoms with Crippen molar-refractivity contribution in [2.45, 2.75) is 39.0 Å². The molecule has 1 aliphatic heterocycles. The van der Waals surface area contributed by atoms with Crippen LogP contribution in [0.4, 0.5) is 13.2 Å². The number of nitrogens with one attached hydrogen (secondary N) is 1. The highest BCUT2D eigenvalue weighted by molar-refractivity contribution is 14.0. The first kappa shape index (κ1) is 28.3. The van der Waals surface area contributed by atoms with Gasteiger partial charge >= 0.3 is 12.1 Å². The van der Waals surface area contributed by atoms with Gasteiger partial charge in [0.15, 0.2) is 5.96 Å². The highest BCUT2D eigenvalue weighted by Gasteiger charge is 2.30. The van der Waals surface area contributed by atoms with Gasteiger partial charge in [0.2, 0.25) is 0 Å². The second-order valence-corrected chi connectivity index (χ2v) is 7.19. The molecule has 0 saturated carbocycles. The molecule has 0 amide bonds. The number of rotatable bonds is 8. The Morgan fingerprint density at radius 1 is 1.25 bits per heavy atom. The lowest BCUT2D eigenvalue weighted by Crippen LogP contribution is -2.47. The van der Waals surface area contributed by atoms with Gasteiger partial charge < -0.3 is 24.8 Å². The Morgan fingerprint density at radius 3 is 2.41 bits per heavy atom. The highest BCUT2D eigenvalue weighted by Crippen LogP contribution is 2.30. The molecule has 0 radical (unpaired) electrons. The Labute approximate surface area is 203 Å². The standard InChI is InChI=1S/C21H30F3N3O4.HI/c1-3-25-20(27-11-9-15(10-12-27)19(29)30-4-2)26-13-17(28)14-31-18-7-5-16(6-8-18)21(22,23)24;/h5-8,15,17,28H,3-4,9-14H2,1-2H3,(H,25,26);1H. The molecule has 1 aromatic carbocycles. The quantitative estimate of drug-likeness (QED) is 0.215. The average Bonchev–Trinajstić information content (AvgIpc) is 2.75. The van der Waals surface area contributed by atoms with E-state index in [1.807, 2.05) is 11.8 Å². The van der Waals surface area contributed by atoms with Crippen molar-refractivity contribution >= 4 is 35.9 Å². The fourth-order valence-corrected chi connectivity index (χ4v) is 3.19. The molecule has 1 aromatic rings. The summed E-state index contributed by atoms with van der Waals surface area (Å²) >= 11 is 0. The van der Waals surface area contributed by atoms with E-state index in [4.69, 9.17) is 9.47 Å². The first-order valence-corrected chi connectivity index (χ1v) is 10.4. The molecule has 1 atom stereocenters. The number of likely N-dealkylation sites (tertiary alicyclic amines) is 1. The van der Waals surface area contributed by atoms with Crippen LogP contribution in [0.1, 0.15) is 32.3 Å². The van der Waals surface area contributed by atoms with Crippen LogP contribution in [0.25, 0.3) is 0 Å². The van der Waals surface area contributed by atoms with E-state index in [0.29, 0.717) is 45.0 Å². The summed E-state index contributed by atoms with van der Waals surface area (Å²) in [4.78, 5) is 18.4. The third kappa shape index (κ3) is 9.00. The number of carbonyl (C=O) groups is 1. The minimum absolute atomic E-state index is 0. The minimum atomic E-state index is -4.40. The molecular weight excluding hydrogens is 542 g/mol. The molecule has 7 nitrogen and oxygen atoms in total. The summed E-state index contributed by atoms with van der Waals surface area (Å²) in [5.74, 6) is 0.601. The lowest BCUT2D eigenvalue weighted by molar-refractivity contribution is -0.149. The Bertz CT molecular complexity index is 724. The number of ether oxygens (including phenoxy) is 2. The van der Waals surface area contributed by atoms with E-state index in [2.05, 4.69) is 10.3 Å². The molecule has 0 aliphatic carbocycles. The molecule has 11 heteroatoms. The topological polar surface area (TPSA) is 83.4 Å². The number of guanidine groups is 1. The van der Waals surface area contributed by atoms with E-state index >= 15 is 0 Å². The zero-order chi connectivity index (χ0) is 22.9. The van der Waals surface area contributed by atoms with Crippen LogP contribution in [0.15, 0.2) is 29.3 Å². The molecule has 0 spiro atoms. The van der Waals surface area contributed by atoms with Crippen molar-refractivity contribution in [2.24, 2.45) is 10.9 Å². The number of esters is 1. The second-order valence-electron chi connectivity index (χ2n) is 7.19. The summed E-state index contributed by atoms with van der Waals surface area (Å²) in [6, 6.07) is 4.30. The van der Waals surface area contributed by atoms with Crippen LogP contribution in [0, 0.1) is 5.92 Å². The number of halogens is 4. The number of piperidine rings is 1. The summed E-state index contributed by atoms with van der Waals surface area (Å²) < 4.78 is 48.2. The Hall–Kier alpha value is -1.76. The second kappa shape index (κ2) is 13.7. The number of nitrogens with zero attached hydrogens (tertiary/aromatic N) is 2. The molecule has 1 fully saturated rings. The largest absolute Gasteiger partial charge is 0.491 e. The Kier molecular flexibility index (Phi) is 12.1. The molecule has 182 valence electrons. The number of carbonyl (C=O) groups excluding carboxylic acids is 1. The molecule has 1 unspecified atom stereocenters. The van der Waals surface area contributed by atoms with Gasteiger partial charge in [-0.1, -0.05) is 0 Å². The van der Waals surface area contributed by atoms with E-state index in [9.17, 15) is 23.1 Å². The number of hydrogen-bond acceptors (Lipinski definition) is 5. The monoisotopic (exact) mass is 573 g/mol. The maximum Gasteiger partial charge on any atom is 0.416 e. The van der Waals surface area contributed by atoms with E-state index in [1.165, 1.54) is 12.1 Å². The molecule has 1 heterocycles. The molecule has 0 bridgehead atoms. The smallest absolute Gasteiger partial charge is 0.416 e. The van der Waals surface area contributed by atoms with Gasteiger partial charge in [-0.05, 0) is 51.0 Å². The number of aliphatic imine (C=N–C) groups is 1. The first-order chi connectivity index (χ1) is 14.7. The summed E-state index contributed by atoms with van der Waals surface area (Å²) in [5, 5.41) is 13.3. The van der Waals surface area contributed by atoms with Gasteiger partial charge in [-0.3, -0.25) is 9.79 Å². The van der Waals surface area contributed by atoms with Crippen molar-refractivity contribution in [1.29, 1.82) is 0 Å². The normalized spacial score (nSPS) is 16.2. The maximum absolute atomic E-state index is 12.6. The zero-order valence-corrected chi connectivity index (χ0v) is 20.6. The first-order valence-electron chi connectivity index (χ1n) is 10.4. The molecule has 0 aromatic heterocycles. The number of alkyl halides is 3. The molecule has 1 saturated heterocycles. The lowest BCUT2D eigenvalue weighted by Gasteiger charge is -2.33. The van der Waals surface area contributed by atoms with E-state index < -0.39 is 17.8 Å². The molecule has 2 rings (SSSR count). The van der Waals surface area contributed by atoms with Crippen LogP contribution in [0.3, 0.4) is 0 Å². The number of aliphatic hydroxyl groups excluding tert-OH is 1. The summed E-state index contributed by atoms with van der Waals surface area (Å²) in [5.41, 5.74) is -0.757. The van der Waals surface area contributed by atoms with Crippen molar-refractivity contribution in [2.75, 3.05) is 39.4 Å². The number of aliphatic hydroxyl groups is 1. The predicted octanol–water partition coefficient (Wildman–Crippen LogP) is 3.30. The van der Waals surface area contributed by atoms with E-state index in [-0.39, 0.29) is 54.8 Å². The van der Waals surface area contributed by atoms with Crippen LogP contribution in [0.2, 0.25) is 0 Å². The fraction of sp³-hybridized carbons (Fsp3) is 0.619. The summed E-state index contributed by atoms with van der Waals surface area (Å²) in [6.45, 7) is 6.01. The highest BCUT2D eigenvalue weighted by atomic mass is 127. The van der Waals surface area contributed by atoms with Crippen LogP contribution >= 0.6 is 24.0 Å². The van der Waals surface area contributed by atoms with Gasteiger partial charge in [0.25, 0.3) is 0 Å². The van der Waals surface area contributed by atoms with Crippen molar-refractivity contribution < 1.29 is 32.5 Å². The molecule has 32 heavy (non-hydrogen) atoms. The predicted molar refractivity (Wildman–Crippen MR) is 125 cm³/mol. The van der Waals surface area contributed by atoms with E-state index in [1.54, 1.807) is 6.92 Å². The molecule has 1 aliphatic rings. The van der Waals surface area contributed by atoms with Crippen molar-refractivity contribution in [3.05, 3.63) is 29.8 Å². The van der Waals surface area contributed by atoms with Gasteiger partial charge in [0, 0.05) is 19.6 Å². The fourth-order valence-electron chi connectivity index (χ4n) is 3.19. The summed E-state index contributed by atoms with van der Waals surface area (Å²) in [7, 11) is 0. The van der Waals surface area contributed by atoms with Crippen molar-refractivity contribution in [1.82, 2.24) is 10.2 Å². The minimum Gasteiger partial charge on any atom is -0.491 e. The van der Waals surface area contributed by atoms with Gasteiger partial charge in [0.1, 0.15) is 18.5 Å². The van der Waals surface area contributed by atoms with Gasteiger partial charge in [-0.25, -0.2) is 0 Å². The third-order valence-electron chi connectivity index (χ3n) is 4.83. The zero-order valence-electron chi connectivity index (χ0n) is 18.2. The summed E-state index contributed by atoms with van der Waals surface area (Å²) in [6.07, 6.45) is -3.99. The molecule has 2 N–H and O–H groups in total. The Morgan fingerprint density at radius 2 is 1.88 bits per heavy atom. The number of benzene rings is 1. The van der Waals surface area contributed by atoms with Crippen molar-refractivity contribution in [3.8, 4) is 5.75 Å². The van der Waals surface area contributed by atoms with Gasteiger partial charge in [-0.15, -0.1) is 24.0 Å². The van der Waals surface area contributed by atoms with Gasteiger partial charge in [-0.2, -0.15) is 13.2 Å². The third-order valence-corrected chi connectivity index (χ3v) is 4.83. The van der Waals surface area contributed by atoms with Crippen LogP contribution in [-0.2, 0) is 15.7 Å². The van der Waals surface area contributed by atoms with Crippen LogP contribution < -0.4 is 10.1 Å². The van der Waals surface area contributed by atoms with E-state index in [0.717, 1.165) is 12.1 Å². The maximum atomic E-state index is 12.6. The molecular formula is C21H31F3IN3O4.